The van der Waals surface area contributed by atoms with Gasteiger partial charge in [0.2, 0.25) is 0 Å². The smallest absolute Gasteiger partial charge is 0.259 e. The summed E-state index contributed by atoms with van der Waals surface area (Å²) in [5.74, 6) is -0.0639. The summed E-state index contributed by atoms with van der Waals surface area (Å²) in [4.78, 5) is 24.4. The third kappa shape index (κ3) is 6.21. The molecule has 0 atom stereocenters. The number of nitrogens with zero attached hydrogens (tertiary/aromatic N) is 3. The quantitative estimate of drug-likeness (QED) is 0.263. The number of hydrogen-bond acceptors (Lipinski definition) is 5. The normalized spacial score (nSPS) is 10.8. The Morgan fingerprint density at radius 1 is 1.06 bits per heavy atom. The summed E-state index contributed by atoms with van der Waals surface area (Å²) >= 11 is 3.32. The lowest BCUT2D eigenvalue weighted by Gasteiger charge is -2.04. The van der Waals surface area contributed by atoms with Crippen LogP contribution in [0, 0.1) is 0 Å². The number of rotatable bonds is 8. The Labute approximate surface area is 210 Å². The molecule has 4 aromatic rings. The number of para-hydroxylation sites is 1. The molecular weight excluding hydrogens is 510 g/mol. The van der Waals surface area contributed by atoms with E-state index in [1.807, 2.05) is 66.9 Å². The molecule has 0 saturated carbocycles. The van der Waals surface area contributed by atoms with Crippen LogP contribution in [-0.2, 0) is 4.79 Å². The number of benzene rings is 3. The first-order valence-electron chi connectivity index (χ1n) is 10.7. The van der Waals surface area contributed by atoms with E-state index < -0.39 is 5.91 Å². The van der Waals surface area contributed by atoms with E-state index in [0.717, 1.165) is 21.5 Å². The Balaban J connectivity index is 1.46. The van der Waals surface area contributed by atoms with Crippen LogP contribution in [0.25, 0.3) is 16.9 Å². The van der Waals surface area contributed by atoms with Crippen LogP contribution < -0.4 is 15.5 Å². The van der Waals surface area contributed by atoms with Gasteiger partial charge in [-0.2, -0.15) is 10.2 Å². The maximum atomic E-state index is 12.2. The molecule has 0 fully saturated rings. The molecule has 176 valence electrons. The highest BCUT2D eigenvalue weighted by molar-refractivity contribution is 9.10. The first kappa shape index (κ1) is 23.9. The van der Waals surface area contributed by atoms with Crippen molar-refractivity contribution in [2.45, 2.75) is 0 Å². The Bertz CT molecular complexity index is 1350. The summed E-state index contributed by atoms with van der Waals surface area (Å²) in [7, 11) is 1.61. The summed E-state index contributed by atoms with van der Waals surface area (Å²) < 4.78 is 7.77. The summed E-state index contributed by atoms with van der Waals surface area (Å²) in [6.45, 7) is -0.211. The lowest BCUT2D eigenvalue weighted by molar-refractivity contribution is -0.120. The molecule has 0 aliphatic heterocycles. The van der Waals surface area contributed by atoms with Gasteiger partial charge in [0.15, 0.2) is 0 Å². The lowest BCUT2D eigenvalue weighted by atomic mass is 10.1. The molecule has 0 aliphatic rings. The SMILES string of the molecule is COc1ccc(-c2nn(-c3ccccc3)cc2/C=N/NC(=O)CNC(=O)c2cccc(Br)c2)cc1. The summed E-state index contributed by atoms with van der Waals surface area (Å²) in [5, 5.41) is 11.4. The van der Waals surface area contributed by atoms with Gasteiger partial charge in [-0.15, -0.1) is 0 Å². The molecule has 0 aliphatic carbocycles. The van der Waals surface area contributed by atoms with E-state index in [1.54, 1.807) is 30.0 Å². The highest BCUT2D eigenvalue weighted by atomic mass is 79.9. The number of carbonyl (C=O) groups excluding carboxylic acids is 2. The molecule has 8 nitrogen and oxygen atoms in total. The van der Waals surface area contributed by atoms with Crippen LogP contribution in [0.1, 0.15) is 15.9 Å². The van der Waals surface area contributed by atoms with Crippen LogP contribution in [0.4, 0.5) is 0 Å². The van der Waals surface area contributed by atoms with Gasteiger partial charge < -0.3 is 10.1 Å². The maximum Gasteiger partial charge on any atom is 0.259 e. The van der Waals surface area contributed by atoms with Crippen LogP contribution in [-0.4, -0.2) is 41.5 Å². The van der Waals surface area contributed by atoms with E-state index >= 15 is 0 Å². The van der Waals surface area contributed by atoms with Gasteiger partial charge in [0.25, 0.3) is 11.8 Å². The minimum atomic E-state index is -0.453. The third-order valence-electron chi connectivity index (χ3n) is 5.02. The second kappa shape index (κ2) is 11.3. The van der Waals surface area contributed by atoms with Crippen molar-refractivity contribution >= 4 is 34.0 Å². The summed E-state index contributed by atoms with van der Waals surface area (Å²) in [5.41, 5.74) is 6.05. The van der Waals surface area contributed by atoms with Gasteiger partial charge in [0.05, 0.1) is 25.6 Å². The van der Waals surface area contributed by atoms with E-state index in [-0.39, 0.29) is 12.5 Å². The molecule has 1 aromatic heterocycles. The molecule has 0 spiro atoms. The van der Waals surface area contributed by atoms with Crippen molar-refractivity contribution in [1.29, 1.82) is 0 Å². The predicted molar refractivity (Wildman–Crippen MR) is 138 cm³/mol. The van der Waals surface area contributed by atoms with E-state index in [2.05, 4.69) is 31.8 Å². The molecule has 0 saturated heterocycles. The number of carbonyl (C=O) groups is 2. The molecule has 35 heavy (non-hydrogen) atoms. The number of ether oxygens (including phenoxy) is 1. The average molecular weight is 532 g/mol. The van der Waals surface area contributed by atoms with Crippen LogP contribution in [0.5, 0.6) is 5.75 Å². The molecule has 4 rings (SSSR count). The van der Waals surface area contributed by atoms with Crippen molar-refractivity contribution < 1.29 is 14.3 Å². The second-order valence-electron chi connectivity index (χ2n) is 7.43. The van der Waals surface area contributed by atoms with Crippen molar-refractivity contribution in [3.63, 3.8) is 0 Å². The predicted octanol–water partition coefficient (Wildman–Crippen LogP) is 4.19. The molecule has 0 unspecified atom stereocenters. The van der Waals surface area contributed by atoms with Gasteiger partial charge in [-0.05, 0) is 54.6 Å². The Morgan fingerprint density at radius 2 is 1.83 bits per heavy atom. The number of aromatic nitrogens is 2. The van der Waals surface area contributed by atoms with E-state index in [0.29, 0.717) is 16.8 Å². The van der Waals surface area contributed by atoms with Gasteiger partial charge in [0, 0.05) is 27.4 Å². The monoisotopic (exact) mass is 531 g/mol. The molecule has 0 radical (unpaired) electrons. The van der Waals surface area contributed by atoms with Gasteiger partial charge in [-0.3, -0.25) is 9.59 Å². The lowest BCUT2D eigenvalue weighted by Crippen LogP contribution is -2.34. The van der Waals surface area contributed by atoms with Crippen LogP contribution in [0.15, 0.2) is 94.6 Å². The number of nitrogens with one attached hydrogen (secondary N) is 2. The van der Waals surface area contributed by atoms with Crippen molar-refractivity contribution in [1.82, 2.24) is 20.5 Å². The van der Waals surface area contributed by atoms with Crippen molar-refractivity contribution in [2.75, 3.05) is 13.7 Å². The third-order valence-corrected chi connectivity index (χ3v) is 5.51. The minimum absolute atomic E-state index is 0.211. The molecule has 2 N–H and O–H groups in total. The Kier molecular flexibility index (Phi) is 7.69. The molecular formula is C26H22BrN5O3. The van der Waals surface area contributed by atoms with Crippen LogP contribution in [0.2, 0.25) is 0 Å². The zero-order valence-corrected chi connectivity index (χ0v) is 20.4. The minimum Gasteiger partial charge on any atom is -0.497 e. The van der Waals surface area contributed by atoms with Crippen molar-refractivity contribution in [2.24, 2.45) is 5.10 Å². The molecule has 0 bridgehead atoms. The van der Waals surface area contributed by atoms with Gasteiger partial charge in [-0.1, -0.05) is 40.2 Å². The van der Waals surface area contributed by atoms with Crippen molar-refractivity contribution in [3.8, 4) is 22.7 Å². The number of hydrazone groups is 1. The van der Waals surface area contributed by atoms with E-state index in [4.69, 9.17) is 9.84 Å². The maximum absolute atomic E-state index is 12.2. The number of hydrogen-bond donors (Lipinski definition) is 2. The first-order chi connectivity index (χ1) is 17.0. The zero-order valence-electron chi connectivity index (χ0n) is 18.8. The van der Waals surface area contributed by atoms with Crippen molar-refractivity contribution in [3.05, 3.63) is 101 Å². The fourth-order valence-corrected chi connectivity index (χ4v) is 3.67. The highest BCUT2D eigenvalue weighted by Gasteiger charge is 2.12. The number of amides is 2. The molecule has 3 aromatic carbocycles. The topological polar surface area (TPSA) is 97.6 Å². The standard InChI is InChI=1S/C26H22BrN5O3/c1-35-23-12-10-18(11-13-23)25-20(17-32(31-25)22-8-3-2-4-9-22)15-29-30-24(33)16-28-26(34)19-6-5-7-21(27)14-19/h2-15,17H,16H2,1H3,(H,28,34)(H,30,33)/b29-15+. The summed E-state index contributed by atoms with van der Waals surface area (Å²) in [6, 6.07) is 24.1. The molecule has 1 heterocycles. The van der Waals surface area contributed by atoms with Crippen LogP contribution >= 0.6 is 15.9 Å². The molecule has 9 heteroatoms. The fourth-order valence-electron chi connectivity index (χ4n) is 3.27. The van der Waals surface area contributed by atoms with Gasteiger partial charge in [0.1, 0.15) is 11.4 Å². The zero-order chi connectivity index (χ0) is 24.6. The van der Waals surface area contributed by atoms with E-state index in [9.17, 15) is 9.59 Å². The first-order valence-corrected chi connectivity index (χ1v) is 11.5. The van der Waals surface area contributed by atoms with Crippen LogP contribution in [0.3, 0.4) is 0 Å². The largest absolute Gasteiger partial charge is 0.497 e. The van der Waals surface area contributed by atoms with Gasteiger partial charge >= 0.3 is 0 Å². The Hall–Kier alpha value is -4.24. The fraction of sp³-hybridized carbons (Fsp3) is 0.0769. The van der Waals surface area contributed by atoms with Gasteiger partial charge in [-0.25, -0.2) is 10.1 Å². The second-order valence-corrected chi connectivity index (χ2v) is 8.34. The van der Waals surface area contributed by atoms with E-state index in [1.165, 1.54) is 6.21 Å². The number of methoxy groups -OCH3 is 1. The summed E-state index contributed by atoms with van der Waals surface area (Å²) in [6.07, 6.45) is 3.36. The molecule has 2 amide bonds. The highest BCUT2D eigenvalue weighted by Crippen LogP contribution is 2.25. The average Bonchev–Trinajstić information content (AvgIpc) is 3.32. The number of halogens is 1. The Morgan fingerprint density at radius 3 is 2.54 bits per heavy atom.